The number of halogens is 1. The minimum atomic E-state index is -0.278. The van der Waals surface area contributed by atoms with Crippen molar-refractivity contribution in [3.05, 3.63) is 71.5 Å². The lowest BCUT2D eigenvalue weighted by molar-refractivity contribution is -0.120. The second kappa shape index (κ2) is 9.62. The van der Waals surface area contributed by atoms with Gasteiger partial charge in [-0.05, 0) is 36.7 Å². The number of rotatable bonds is 7. The van der Waals surface area contributed by atoms with Gasteiger partial charge in [0.1, 0.15) is 5.82 Å². The van der Waals surface area contributed by atoms with Crippen LogP contribution in [0.15, 0.2) is 54.6 Å². The van der Waals surface area contributed by atoms with Crippen molar-refractivity contribution < 1.29 is 9.18 Å². The van der Waals surface area contributed by atoms with Crippen LogP contribution in [-0.2, 0) is 11.2 Å². The third kappa shape index (κ3) is 5.88. The second-order valence-electron chi connectivity index (χ2n) is 7.23. The third-order valence-corrected chi connectivity index (χ3v) is 5.10. The van der Waals surface area contributed by atoms with E-state index in [2.05, 4.69) is 52.5 Å². The molecular weight excluding hydrogens is 341 g/mol. The molecule has 1 atom stereocenters. The average molecular weight is 369 g/mol. The summed E-state index contributed by atoms with van der Waals surface area (Å²) in [6.07, 6.45) is 1.21. The molecule has 0 saturated carbocycles. The molecule has 1 aliphatic rings. The van der Waals surface area contributed by atoms with E-state index < -0.39 is 0 Å². The molecule has 1 amide bonds. The molecule has 27 heavy (non-hydrogen) atoms. The maximum Gasteiger partial charge on any atom is 0.224 e. The molecule has 1 heterocycles. The predicted molar refractivity (Wildman–Crippen MR) is 106 cm³/mol. The van der Waals surface area contributed by atoms with Crippen molar-refractivity contribution in [1.29, 1.82) is 0 Å². The Morgan fingerprint density at radius 3 is 2.59 bits per heavy atom. The minimum Gasteiger partial charge on any atom is -0.356 e. The molecule has 0 unspecified atom stereocenters. The molecular formula is C22H28FN3O. The van der Waals surface area contributed by atoms with Crippen LogP contribution in [0.5, 0.6) is 0 Å². The van der Waals surface area contributed by atoms with Gasteiger partial charge in [-0.15, -0.1) is 0 Å². The molecule has 3 rings (SSSR count). The lowest BCUT2D eigenvalue weighted by atomic mass is 10.0. The van der Waals surface area contributed by atoms with Crippen molar-refractivity contribution in [2.75, 3.05) is 39.8 Å². The summed E-state index contributed by atoms with van der Waals surface area (Å²) in [5.41, 5.74) is 2.18. The van der Waals surface area contributed by atoms with Gasteiger partial charge in [0.05, 0.1) is 6.42 Å². The van der Waals surface area contributed by atoms with Crippen LogP contribution in [0, 0.1) is 5.82 Å². The fourth-order valence-corrected chi connectivity index (χ4v) is 3.58. The van der Waals surface area contributed by atoms with E-state index in [4.69, 9.17) is 0 Å². The standard InChI is InChI=1S/C22H28FN3O/c1-25-14-15-26(21(17-25)19-6-3-2-4-7-19)13-5-12-24-22(27)16-18-8-10-20(23)11-9-18/h2-4,6-11,21H,5,12-17H2,1H3,(H,24,27)/t21-/m0/s1. The highest BCUT2D eigenvalue weighted by Gasteiger charge is 2.25. The van der Waals surface area contributed by atoms with Crippen LogP contribution >= 0.6 is 0 Å². The normalized spacial score (nSPS) is 18.4. The Morgan fingerprint density at radius 1 is 1.11 bits per heavy atom. The molecule has 2 aromatic carbocycles. The maximum atomic E-state index is 12.9. The SMILES string of the molecule is CN1CCN(CCCNC(=O)Cc2ccc(F)cc2)[C@H](c2ccccc2)C1. The summed E-state index contributed by atoms with van der Waals surface area (Å²) in [6, 6.07) is 17.1. The number of nitrogens with zero attached hydrogens (tertiary/aromatic N) is 2. The maximum absolute atomic E-state index is 12.9. The molecule has 5 heteroatoms. The molecule has 1 N–H and O–H groups in total. The summed E-state index contributed by atoms with van der Waals surface area (Å²) in [5.74, 6) is -0.293. The second-order valence-corrected chi connectivity index (χ2v) is 7.23. The van der Waals surface area contributed by atoms with Crippen LogP contribution in [0.1, 0.15) is 23.6 Å². The van der Waals surface area contributed by atoms with Crippen LogP contribution in [-0.4, -0.2) is 55.5 Å². The van der Waals surface area contributed by atoms with Crippen molar-refractivity contribution in [2.45, 2.75) is 18.9 Å². The smallest absolute Gasteiger partial charge is 0.224 e. The van der Waals surface area contributed by atoms with Gasteiger partial charge >= 0.3 is 0 Å². The zero-order valence-electron chi connectivity index (χ0n) is 15.9. The van der Waals surface area contributed by atoms with Crippen LogP contribution in [0.3, 0.4) is 0 Å². The van der Waals surface area contributed by atoms with E-state index in [9.17, 15) is 9.18 Å². The van der Waals surface area contributed by atoms with Crippen molar-refractivity contribution in [3.8, 4) is 0 Å². The van der Waals surface area contributed by atoms with Crippen LogP contribution in [0.4, 0.5) is 4.39 Å². The van der Waals surface area contributed by atoms with Crippen molar-refractivity contribution in [2.24, 2.45) is 0 Å². The van der Waals surface area contributed by atoms with Gasteiger partial charge in [0.25, 0.3) is 0 Å². The number of benzene rings is 2. The zero-order valence-corrected chi connectivity index (χ0v) is 15.9. The number of likely N-dealkylation sites (N-methyl/N-ethyl adjacent to an activating group) is 1. The average Bonchev–Trinajstić information content (AvgIpc) is 2.68. The molecule has 1 aliphatic heterocycles. The van der Waals surface area contributed by atoms with Crippen LogP contribution in [0.2, 0.25) is 0 Å². The number of hydrogen-bond acceptors (Lipinski definition) is 3. The fraction of sp³-hybridized carbons (Fsp3) is 0.409. The highest BCUT2D eigenvalue weighted by molar-refractivity contribution is 5.78. The number of amides is 1. The first-order valence-corrected chi connectivity index (χ1v) is 9.60. The highest BCUT2D eigenvalue weighted by Crippen LogP contribution is 2.24. The van der Waals surface area contributed by atoms with Gasteiger partial charge < -0.3 is 10.2 Å². The lowest BCUT2D eigenvalue weighted by Crippen LogP contribution is -2.47. The van der Waals surface area contributed by atoms with Gasteiger partial charge in [0.2, 0.25) is 5.91 Å². The fourth-order valence-electron chi connectivity index (χ4n) is 3.58. The number of carbonyl (C=O) groups excluding carboxylic acids is 1. The van der Waals surface area contributed by atoms with Gasteiger partial charge in [-0.3, -0.25) is 9.69 Å². The predicted octanol–water partition coefficient (Wildman–Crippen LogP) is 2.86. The topological polar surface area (TPSA) is 35.6 Å². The summed E-state index contributed by atoms with van der Waals surface area (Å²) < 4.78 is 12.9. The molecule has 0 bridgehead atoms. The van der Waals surface area contributed by atoms with Gasteiger partial charge in [0.15, 0.2) is 0 Å². The first kappa shape index (κ1) is 19.5. The zero-order chi connectivity index (χ0) is 19.1. The summed E-state index contributed by atoms with van der Waals surface area (Å²) in [6.45, 7) is 4.76. The minimum absolute atomic E-state index is 0.0143. The molecule has 4 nitrogen and oxygen atoms in total. The Labute approximate surface area is 161 Å². The largest absolute Gasteiger partial charge is 0.356 e. The quantitative estimate of drug-likeness (QED) is 0.763. The Hall–Kier alpha value is -2.24. The Bertz CT molecular complexity index is 720. The summed E-state index contributed by atoms with van der Waals surface area (Å²) in [5, 5.41) is 2.98. The molecule has 1 fully saturated rings. The molecule has 2 aromatic rings. The highest BCUT2D eigenvalue weighted by atomic mass is 19.1. The number of carbonyl (C=O) groups is 1. The van der Waals surface area contributed by atoms with E-state index in [1.165, 1.54) is 17.7 Å². The number of hydrogen-bond donors (Lipinski definition) is 1. The van der Waals surface area contributed by atoms with E-state index in [1.807, 2.05) is 0 Å². The molecule has 0 radical (unpaired) electrons. The van der Waals surface area contributed by atoms with Gasteiger partial charge in [-0.1, -0.05) is 42.5 Å². The first-order chi connectivity index (χ1) is 13.1. The Kier molecular flexibility index (Phi) is 6.96. The molecule has 1 saturated heterocycles. The summed E-state index contributed by atoms with van der Waals surface area (Å²) >= 11 is 0. The Balaban J connectivity index is 1.44. The van der Waals surface area contributed by atoms with Gasteiger partial charge in [-0.25, -0.2) is 4.39 Å². The van der Waals surface area contributed by atoms with E-state index in [-0.39, 0.29) is 11.7 Å². The van der Waals surface area contributed by atoms with Gasteiger partial charge in [0, 0.05) is 38.8 Å². The first-order valence-electron chi connectivity index (χ1n) is 9.60. The Morgan fingerprint density at radius 2 is 1.85 bits per heavy atom. The van der Waals surface area contributed by atoms with Crippen LogP contribution in [0.25, 0.3) is 0 Å². The lowest BCUT2D eigenvalue weighted by Gasteiger charge is -2.40. The molecule has 0 aliphatic carbocycles. The van der Waals surface area contributed by atoms with Gasteiger partial charge in [-0.2, -0.15) is 0 Å². The van der Waals surface area contributed by atoms with E-state index in [0.717, 1.165) is 38.2 Å². The van der Waals surface area contributed by atoms with E-state index >= 15 is 0 Å². The summed E-state index contributed by atoms with van der Waals surface area (Å²) in [4.78, 5) is 16.9. The van der Waals surface area contributed by atoms with Crippen molar-refractivity contribution in [3.63, 3.8) is 0 Å². The van der Waals surface area contributed by atoms with Crippen molar-refractivity contribution in [1.82, 2.24) is 15.1 Å². The number of nitrogens with one attached hydrogen (secondary N) is 1. The molecule has 0 spiro atoms. The summed E-state index contributed by atoms with van der Waals surface area (Å²) in [7, 11) is 2.17. The van der Waals surface area contributed by atoms with E-state index in [0.29, 0.717) is 19.0 Å². The van der Waals surface area contributed by atoms with Crippen molar-refractivity contribution >= 4 is 5.91 Å². The monoisotopic (exact) mass is 369 g/mol. The molecule has 0 aromatic heterocycles. The van der Waals surface area contributed by atoms with E-state index in [1.54, 1.807) is 12.1 Å². The third-order valence-electron chi connectivity index (χ3n) is 5.10. The van der Waals surface area contributed by atoms with Crippen LogP contribution < -0.4 is 5.32 Å². The molecule has 144 valence electrons. The number of piperazine rings is 1.